The molecule has 0 radical (unpaired) electrons. The quantitative estimate of drug-likeness (QED) is 0.194. The van der Waals surface area contributed by atoms with Crippen LogP contribution in [0.4, 0.5) is 19.0 Å². The first-order valence-corrected chi connectivity index (χ1v) is 17.8. The van der Waals surface area contributed by atoms with Crippen LogP contribution in [0.15, 0.2) is 47.9 Å². The van der Waals surface area contributed by atoms with Crippen molar-refractivity contribution in [2.24, 2.45) is 0 Å². The van der Waals surface area contributed by atoms with E-state index in [1.54, 1.807) is 23.7 Å². The first kappa shape index (κ1) is 33.1. The number of alkyl halides is 1. The Hall–Kier alpha value is -5.07. The molecule has 15 heteroatoms. The zero-order valence-corrected chi connectivity index (χ0v) is 28.6. The lowest BCUT2D eigenvalue weighted by molar-refractivity contribution is -0.131. The van der Waals surface area contributed by atoms with Crippen molar-refractivity contribution in [2.45, 2.75) is 50.4 Å². The van der Waals surface area contributed by atoms with Gasteiger partial charge in [0, 0.05) is 66.6 Å². The Morgan fingerprint density at radius 3 is 2.90 bits per heavy atom. The van der Waals surface area contributed by atoms with Crippen molar-refractivity contribution in [1.82, 2.24) is 34.9 Å². The van der Waals surface area contributed by atoms with E-state index in [0.717, 1.165) is 41.9 Å². The summed E-state index contributed by atoms with van der Waals surface area (Å²) in [5, 5.41) is 20.0. The number of carbonyl (C=O) groups excluding carboxylic acids is 1. The topological polar surface area (TPSA) is 127 Å². The molecule has 262 valence electrons. The number of thiazole rings is 1. The smallest absolute Gasteiger partial charge is 0.319 e. The summed E-state index contributed by atoms with van der Waals surface area (Å²) >= 11 is 1.20. The Balaban J connectivity index is 1.18. The van der Waals surface area contributed by atoms with E-state index in [2.05, 4.69) is 31.1 Å². The molecule has 5 aromatic rings. The average Bonchev–Trinajstić information content (AvgIpc) is 3.93. The maximum absolute atomic E-state index is 16.9. The van der Waals surface area contributed by atoms with Crippen LogP contribution in [0.25, 0.3) is 39.0 Å². The predicted molar refractivity (Wildman–Crippen MR) is 187 cm³/mol. The average molecular weight is 714 g/mol. The second kappa shape index (κ2) is 13.2. The third-order valence-corrected chi connectivity index (χ3v) is 11.1. The molecule has 3 atom stereocenters. The Morgan fingerprint density at radius 1 is 1.20 bits per heavy atom. The Morgan fingerprint density at radius 2 is 2.08 bits per heavy atom. The third-order valence-electron chi connectivity index (χ3n) is 10.4. The van der Waals surface area contributed by atoms with Crippen LogP contribution in [-0.4, -0.2) is 97.9 Å². The highest BCUT2D eigenvalue weighted by atomic mass is 32.1. The van der Waals surface area contributed by atoms with E-state index in [-0.39, 0.29) is 44.2 Å². The molecule has 8 rings (SSSR count). The molecule has 11 nitrogen and oxygen atoms in total. The molecule has 3 aromatic heterocycles. The van der Waals surface area contributed by atoms with Gasteiger partial charge in [-0.1, -0.05) is 12.1 Å². The fourth-order valence-electron chi connectivity index (χ4n) is 7.96. The van der Waals surface area contributed by atoms with Crippen LogP contribution in [0, 0.1) is 24.1 Å². The van der Waals surface area contributed by atoms with E-state index in [9.17, 15) is 14.4 Å². The molecular weight excluding hydrogens is 680 g/mol. The summed E-state index contributed by atoms with van der Waals surface area (Å²) in [6.45, 7) is 3.64. The number of aromatic nitrogens is 5. The second-order valence-electron chi connectivity index (χ2n) is 13.4. The predicted octanol–water partition coefficient (Wildman–Crippen LogP) is 5.97. The van der Waals surface area contributed by atoms with Crippen molar-refractivity contribution < 1.29 is 22.7 Å². The van der Waals surface area contributed by atoms with Crippen molar-refractivity contribution in [3.05, 3.63) is 64.3 Å². The van der Waals surface area contributed by atoms with Gasteiger partial charge in [0.2, 0.25) is 0 Å². The summed E-state index contributed by atoms with van der Waals surface area (Å²) in [6, 6.07) is 8.64. The Kier molecular flexibility index (Phi) is 8.59. The van der Waals surface area contributed by atoms with E-state index >= 15 is 8.78 Å². The van der Waals surface area contributed by atoms with Gasteiger partial charge in [0.1, 0.15) is 29.1 Å². The molecule has 6 heterocycles. The number of hydrogen-bond donors (Lipinski definition) is 1. The molecule has 3 saturated heterocycles. The SMILES string of the molecule is Cc1ccc2[nH]ncc2c1-c1ccc2c(N3CCN(C(=O)/C(F)=C/c4nccs4)C(CC#N)C3)nc(OC[C@@]34CCCN3CC(F)C4)nc2c1F. The minimum atomic E-state index is -0.968. The van der Waals surface area contributed by atoms with Crippen LogP contribution in [0.5, 0.6) is 6.01 Å². The molecule has 2 aromatic carbocycles. The maximum atomic E-state index is 16.9. The highest BCUT2D eigenvalue weighted by molar-refractivity contribution is 7.10. The van der Waals surface area contributed by atoms with E-state index in [1.807, 2.05) is 24.0 Å². The number of anilines is 1. The standard InChI is InChI=1S/C36H34F3N9O2S/c1-21-3-6-28-26(17-42-45-28)30(21)24-4-5-25-32(31(24)39)43-35(50-20-36-8-2-11-47(36)18-22(37)16-36)44-33(25)46-12-13-48(23(19-46)7-9-40)34(49)27(38)15-29-41-10-14-51-29/h3-6,10,14-15,17,22-23H,2,7-8,11-13,16,18-20H2,1H3,(H,42,45)/b27-15-/t22?,23?,36-/m0/s1. The van der Waals surface area contributed by atoms with Crippen LogP contribution in [-0.2, 0) is 4.79 Å². The highest BCUT2D eigenvalue weighted by Gasteiger charge is 2.49. The number of carbonyl (C=O) groups is 1. The summed E-state index contributed by atoms with van der Waals surface area (Å²) < 4.78 is 52.9. The van der Waals surface area contributed by atoms with E-state index in [4.69, 9.17) is 9.72 Å². The molecule has 3 aliphatic heterocycles. The fraction of sp³-hybridized carbons (Fsp3) is 0.389. The van der Waals surface area contributed by atoms with E-state index < -0.39 is 35.3 Å². The maximum Gasteiger partial charge on any atom is 0.319 e. The molecule has 51 heavy (non-hydrogen) atoms. The first-order valence-electron chi connectivity index (χ1n) is 16.9. The minimum absolute atomic E-state index is 0.0377. The minimum Gasteiger partial charge on any atom is -0.461 e. The number of H-pyrrole nitrogens is 1. The van der Waals surface area contributed by atoms with Gasteiger partial charge < -0.3 is 14.5 Å². The zero-order chi connectivity index (χ0) is 35.3. The van der Waals surface area contributed by atoms with Crippen LogP contribution in [0.3, 0.4) is 0 Å². The van der Waals surface area contributed by atoms with Gasteiger partial charge in [-0.25, -0.2) is 18.2 Å². The number of fused-ring (bicyclic) bond motifs is 3. The van der Waals surface area contributed by atoms with Crippen molar-refractivity contribution in [1.29, 1.82) is 5.26 Å². The lowest BCUT2D eigenvalue weighted by Gasteiger charge is -2.41. The van der Waals surface area contributed by atoms with Crippen molar-refractivity contribution >= 4 is 50.9 Å². The Labute approximate surface area is 295 Å². The number of rotatable bonds is 8. The molecule has 0 spiro atoms. The van der Waals surface area contributed by atoms with Gasteiger partial charge in [0.25, 0.3) is 5.91 Å². The molecule has 0 saturated carbocycles. The number of aryl methyl sites for hydroxylation is 1. The fourth-order valence-corrected chi connectivity index (χ4v) is 8.52. The van der Waals surface area contributed by atoms with Crippen LogP contribution in [0.1, 0.15) is 36.3 Å². The zero-order valence-electron chi connectivity index (χ0n) is 27.8. The van der Waals surface area contributed by atoms with Gasteiger partial charge in [-0.05, 0) is 49.6 Å². The lowest BCUT2D eigenvalue weighted by atomic mass is 9.95. The van der Waals surface area contributed by atoms with Gasteiger partial charge in [-0.3, -0.25) is 14.8 Å². The molecule has 3 aliphatic rings. The molecule has 1 N–H and O–H groups in total. The monoisotopic (exact) mass is 713 g/mol. The normalized spacial score (nSPS) is 22.5. The molecule has 0 aliphatic carbocycles. The molecule has 2 unspecified atom stereocenters. The molecule has 0 bridgehead atoms. The largest absolute Gasteiger partial charge is 0.461 e. The van der Waals surface area contributed by atoms with Gasteiger partial charge in [0.15, 0.2) is 11.6 Å². The van der Waals surface area contributed by atoms with Crippen molar-refractivity contribution in [3.8, 4) is 23.2 Å². The summed E-state index contributed by atoms with van der Waals surface area (Å²) in [4.78, 5) is 32.0. The summed E-state index contributed by atoms with van der Waals surface area (Å²) in [5.74, 6) is -2.00. The number of nitrogens with zero attached hydrogens (tertiary/aromatic N) is 8. The summed E-state index contributed by atoms with van der Waals surface area (Å²) in [7, 11) is 0. The lowest BCUT2D eigenvalue weighted by Crippen LogP contribution is -2.55. The van der Waals surface area contributed by atoms with Gasteiger partial charge in [-0.2, -0.15) is 20.3 Å². The van der Waals surface area contributed by atoms with Crippen molar-refractivity contribution in [2.75, 3.05) is 44.2 Å². The summed E-state index contributed by atoms with van der Waals surface area (Å²) in [5.41, 5.74) is 2.19. The number of hydrogen-bond acceptors (Lipinski definition) is 10. The van der Waals surface area contributed by atoms with Gasteiger partial charge >= 0.3 is 6.01 Å². The number of piperazine rings is 1. The van der Waals surface area contributed by atoms with Crippen LogP contribution in [0.2, 0.25) is 0 Å². The van der Waals surface area contributed by atoms with E-state index in [0.29, 0.717) is 40.3 Å². The first-order chi connectivity index (χ1) is 24.7. The Bertz CT molecular complexity index is 2200. The third kappa shape index (κ3) is 5.95. The second-order valence-corrected chi connectivity index (χ2v) is 14.4. The number of benzene rings is 2. The molecule has 3 fully saturated rings. The highest BCUT2D eigenvalue weighted by Crippen LogP contribution is 2.42. The number of aromatic amines is 1. The van der Waals surface area contributed by atoms with Crippen molar-refractivity contribution in [3.63, 3.8) is 0 Å². The van der Waals surface area contributed by atoms with Crippen LogP contribution < -0.4 is 9.64 Å². The van der Waals surface area contributed by atoms with Crippen LogP contribution >= 0.6 is 11.3 Å². The summed E-state index contributed by atoms with van der Waals surface area (Å²) in [6.07, 6.45) is 5.33. The number of halogens is 3. The molecular formula is C36H34F3N9O2S. The number of nitriles is 1. The van der Waals surface area contributed by atoms with Gasteiger partial charge in [-0.15, -0.1) is 11.3 Å². The van der Waals surface area contributed by atoms with E-state index in [1.165, 1.54) is 22.4 Å². The van der Waals surface area contributed by atoms with Gasteiger partial charge in [0.05, 0.1) is 35.8 Å². The number of ether oxygens (including phenoxy) is 1. The number of amides is 1. The number of nitrogens with one attached hydrogen (secondary N) is 1. The molecule has 1 amide bonds.